The summed E-state index contributed by atoms with van der Waals surface area (Å²) in [5.74, 6) is 0.344. The molecule has 0 bridgehead atoms. The molecule has 2 rings (SSSR count). The fraction of sp³-hybridized carbons (Fsp3) is 0.133. The second-order valence-corrected chi connectivity index (χ2v) is 5.75. The van der Waals surface area contributed by atoms with E-state index >= 15 is 0 Å². The summed E-state index contributed by atoms with van der Waals surface area (Å²) >= 11 is 9.27. The number of nitrogens with two attached hydrogens (primary N) is 1. The van der Waals surface area contributed by atoms with Gasteiger partial charge in [0.05, 0.1) is 5.69 Å². The first-order valence-corrected chi connectivity index (χ1v) is 7.36. The molecule has 0 aliphatic carbocycles. The second kappa shape index (κ2) is 6.83. The van der Waals surface area contributed by atoms with Crippen LogP contribution in [-0.4, -0.2) is 12.5 Å². The molecular weight excluding hydrogens is 356 g/mol. The Morgan fingerprint density at radius 3 is 2.76 bits per heavy atom. The molecule has 6 heteroatoms. The number of amides is 1. The number of benzene rings is 2. The first-order chi connectivity index (χ1) is 9.95. The van der Waals surface area contributed by atoms with E-state index in [4.69, 9.17) is 22.1 Å². The third-order valence-corrected chi connectivity index (χ3v) is 3.85. The van der Waals surface area contributed by atoms with Gasteiger partial charge in [-0.15, -0.1) is 0 Å². The maximum atomic E-state index is 11.9. The van der Waals surface area contributed by atoms with Crippen molar-refractivity contribution in [2.24, 2.45) is 0 Å². The van der Waals surface area contributed by atoms with Crippen LogP contribution >= 0.6 is 27.5 Å². The molecule has 0 aliphatic heterocycles. The van der Waals surface area contributed by atoms with Crippen LogP contribution in [0.25, 0.3) is 0 Å². The lowest BCUT2D eigenvalue weighted by Gasteiger charge is -2.10. The predicted octanol–water partition coefficient (Wildman–Crippen LogP) is 4.01. The largest absolute Gasteiger partial charge is 0.484 e. The lowest BCUT2D eigenvalue weighted by molar-refractivity contribution is -0.118. The monoisotopic (exact) mass is 368 g/mol. The molecule has 0 heterocycles. The number of ether oxygens (including phenoxy) is 1. The smallest absolute Gasteiger partial charge is 0.262 e. The number of nitrogen functional groups attached to an aromatic ring is 1. The first kappa shape index (κ1) is 15.7. The predicted molar refractivity (Wildman–Crippen MR) is 88.9 cm³/mol. The zero-order valence-corrected chi connectivity index (χ0v) is 13.7. The second-order valence-electron chi connectivity index (χ2n) is 4.49. The normalized spacial score (nSPS) is 10.2. The van der Waals surface area contributed by atoms with Gasteiger partial charge in [0.25, 0.3) is 5.91 Å². The van der Waals surface area contributed by atoms with Crippen LogP contribution in [0.1, 0.15) is 5.56 Å². The molecule has 0 unspecified atom stereocenters. The van der Waals surface area contributed by atoms with Gasteiger partial charge in [0.15, 0.2) is 6.61 Å². The van der Waals surface area contributed by atoms with Crippen molar-refractivity contribution in [3.63, 3.8) is 0 Å². The van der Waals surface area contributed by atoms with E-state index < -0.39 is 0 Å². The van der Waals surface area contributed by atoms with Crippen molar-refractivity contribution < 1.29 is 9.53 Å². The number of aryl methyl sites for hydroxylation is 1. The van der Waals surface area contributed by atoms with Gasteiger partial charge >= 0.3 is 0 Å². The molecule has 0 saturated carbocycles. The molecule has 2 aromatic rings. The summed E-state index contributed by atoms with van der Waals surface area (Å²) in [6, 6.07) is 10.4. The Morgan fingerprint density at radius 2 is 2.10 bits per heavy atom. The fourth-order valence-electron chi connectivity index (χ4n) is 1.67. The summed E-state index contributed by atoms with van der Waals surface area (Å²) in [5, 5.41) is 3.41. The zero-order valence-electron chi connectivity index (χ0n) is 11.3. The summed E-state index contributed by atoms with van der Waals surface area (Å²) in [4.78, 5) is 11.9. The standard InChI is InChI=1S/C15H14BrClN2O2/c1-9-6-11(3-4-13(9)17)21-8-15(20)19-14-5-2-10(18)7-12(14)16/h2-7H,8,18H2,1H3,(H,19,20). The summed E-state index contributed by atoms with van der Waals surface area (Å²) < 4.78 is 6.15. The Hall–Kier alpha value is -1.72. The van der Waals surface area contributed by atoms with Crippen molar-refractivity contribution >= 4 is 44.8 Å². The number of rotatable bonds is 4. The average molecular weight is 370 g/mol. The molecule has 0 atom stereocenters. The van der Waals surface area contributed by atoms with Crippen LogP contribution in [-0.2, 0) is 4.79 Å². The van der Waals surface area contributed by atoms with Gasteiger partial charge in [-0.25, -0.2) is 0 Å². The van der Waals surface area contributed by atoms with Crippen molar-refractivity contribution in [2.75, 3.05) is 17.7 Å². The van der Waals surface area contributed by atoms with E-state index in [1.807, 2.05) is 6.92 Å². The Kier molecular flexibility index (Phi) is 5.09. The number of anilines is 2. The number of hydrogen-bond donors (Lipinski definition) is 2. The van der Waals surface area contributed by atoms with Crippen LogP contribution in [0.15, 0.2) is 40.9 Å². The molecule has 3 N–H and O–H groups in total. The maximum Gasteiger partial charge on any atom is 0.262 e. The minimum atomic E-state index is -0.256. The minimum Gasteiger partial charge on any atom is -0.484 e. The van der Waals surface area contributed by atoms with Crippen molar-refractivity contribution in [1.29, 1.82) is 0 Å². The number of hydrogen-bond acceptors (Lipinski definition) is 3. The quantitative estimate of drug-likeness (QED) is 0.800. The van der Waals surface area contributed by atoms with E-state index in [1.54, 1.807) is 36.4 Å². The van der Waals surface area contributed by atoms with Gasteiger partial charge in [-0.1, -0.05) is 11.6 Å². The topological polar surface area (TPSA) is 64.3 Å². The van der Waals surface area contributed by atoms with E-state index in [0.717, 1.165) is 10.0 Å². The van der Waals surface area contributed by atoms with E-state index in [2.05, 4.69) is 21.2 Å². The Labute approximate surface area is 136 Å². The van der Waals surface area contributed by atoms with Crippen LogP contribution < -0.4 is 15.8 Å². The first-order valence-electron chi connectivity index (χ1n) is 6.19. The number of nitrogens with one attached hydrogen (secondary N) is 1. The van der Waals surface area contributed by atoms with Crippen molar-refractivity contribution in [1.82, 2.24) is 0 Å². The highest BCUT2D eigenvalue weighted by Gasteiger charge is 2.07. The van der Waals surface area contributed by atoms with Crippen LogP contribution in [0, 0.1) is 6.92 Å². The van der Waals surface area contributed by atoms with E-state index in [1.165, 1.54) is 0 Å². The lowest BCUT2D eigenvalue weighted by Crippen LogP contribution is -2.20. The molecule has 0 saturated heterocycles. The van der Waals surface area contributed by atoms with E-state index in [9.17, 15) is 4.79 Å². The summed E-state index contributed by atoms with van der Waals surface area (Å²) in [7, 11) is 0. The van der Waals surface area contributed by atoms with E-state index in [0.29, 0.717) is 22.1 Å². The third kappa shape index (κ3) is 4.37. The molecule has 1 amide bonds. The van der Waals surface area contributed by atoms with Crippen molar-refractivity contribution in [3.8, 4) is 5.75 Å². The summed E-state index contributed by atoms with van der Waals surface area (Å²) in [6.45, 7) is 1.79. The van der Waals surface area contributed by atoms with Crippen LogP contribution in [0.2, 0.25) is 5.02 Å². The van der Waals surface area contributed by atoms with Gasteiger partial charge in [-0.3, -0.25) is 4.79 Å². The van der Waals surface area contributed by atoms with Gasteiger partial charge in [0, 0.05) is 15.2 Å². The molecular formula is C15H14BrClN2O2. The molecule has 0 aliphatic rings. The molecule has 0 spiro atoms. The zero-order chi connectivity index (χ0) is 15.4. The van der Waals surface area contributed by atoms with Gasteiger partial charge in [-0.2, -0.15) is 0 Å². The molecule has 0 radical (unpaired) electrons. The van der Waals surface area contributed by atoms with Gasteiger partial charge in [0.2, 0.25) is 0 Å². The van der Waals surface area contributed by atoms with Crippen LogP contribution in [0.4, 0.5) is 11.4 Å². The number of carbonyl (C=O) groups is 1. The van der Waals surface area contributed by atoms with Gasteiger partial charge in [-0.05, 0) is 64.8 Å². The Morgan fingerprint density at radius 1 is 1.33 bits per heavy atom. The summed E-state index contributed by atoms with van der Waals surface area (Å²) in [6.07, 6.45) is 0. The Balaban J connectivity index is 1.94. The van der Waals surface area contributed by atoms with E-state index in [-0.39, 0.29) is 12.5 Å². The number of carbonyl (C=O) groups excluding carboxylic acids is 1. The molecule has 0 fully saturated rings. The molecule has 0 aromatic heterocycles. The highest BCUT2D eigenvalue weighted by molar-refractivity contribution is 9.10. The number of halogens is 2. The highest BCUT2D eigenvalue weighted by atomic mass is 79.9. The Bertz CT molecular complexity index is 677. The maximum absolute atomic E-state index is 11.9. The highest BCUT2D eigenvalue weighted by Crippen LogP contribution is 2.25. The van der Waals surface area contributed by atoms with Crippen molar-refractivity contribution in [2.45, 2.75) is 6.92 Å². The van der Waals surface area contributed by atoms with Crippen LogP contribution in [0.3, 0.4) is 0 Å². The summed E-state index contributed by atoms with van der Waals surface area (Å²) in [5.41, 5.74) is 7.80. The third-order valence-electron chi connectivity index (χ3n) is 2.77. The van der Waals surface area contributed by atoms with Gasteiger partial charge < -0.3 is 15.8 Å². The average Bonchev–Trinajstić information content (AvgIpc) is 2.43. The van der Waals surface area contributed by atoms with Crippen molar-refractivity contribution in [3.05, 3.63) is 51.5 Å². The van der Waals surface area contributed by atoms with Crippen LogP contribution in [0.5, 0.6) is 5.75 Å². The minimum absolute atomic E-state index is 0.0854. The molecule has 2 aromatic carbocycles. The molecule has 110 valence electrons. The molecule has 4 nitrogen and oxygen atoms in total. The lowest BCUT2D eigenvalue weighted by atomic mass is 10.2. The fourth-order valence-corrected chi connectivity index (χ4v) is 2.29. The SMILES string of the molecule is Cc1cc(OCC(=O)Nc2ccc(N)cc2Br)ccc1Cl. The molecule has 21 heavy (non-hydrogen) atoms. The van der Waals surface area contributed by atoms with Gasteiger partial charge in [0.1, 0.15) is 5.75 Å².